The smallest absolute Gasteiger partial charge is 0.131 e. The van der Waals surface area contributed by atoms with Crippen LogP contribution in [0.25, 0.3) is 22.3 Å². The molecule has 1 nitrogen and oxygen atoms in total. The molecular formula is C18H13BrO. The fourth-order valence-electron chi connectivity index (χ4n) is 2.23. The summed E-state index contributed by atoms with van der Waals surface area (Å²) in [5, 5.41) is 10.2. The Balaban J connectivity index is 2.19. The van der Waals surface area contributed by atoms with Crippen LogP contribution in [0.4, 0.5) is 0 Å². The third kappa shape index (κ3) is 2.47. The second-order valence-corrected chi connectivity index (χ2v) is 5.38. The maximum absolute atomic E-state index is 10.2. The first kappa shape index (κ1) is 12.9. The summed E-state index contributed by atoms with van der Waals surface area (Å²) in [6.07, 6.45) is 0. The van der Waals surface area contributed by atoms with Crippen molar-refractivity contribution in [1.82, 2.24) is 0 Å². The Morgan fingerprint density at radius 1 is 0.650 bits per heavy atom. The van der Waals surface area contributed by atoms with E-state index in [9.17, 15) is 5.11 Å². The molecule has 20 heavy (non-hydrogen) atoms. The van der Waals surface area contributed by atoms with E-state index >= 15 is 0 Å². The molecule has 0 fully saturated rings. The van der Waals surface area contributed by atoms with Crippen LogP contribution in [0, 0.1) is 0 Å². The monoisotopic (exact) mass is 324 g/mol. The van der Waals surface area contributed by atoms with E-state index < -0.39 is 0 Å². The molecule has 0 aromatic heterocycles. The van der Waals surface area contributed by atoms with Crippen molar-refractivity contribution in [3.05, 3.63) is 77.3 Å². The van der Waals surface area contributed by atoms with E-state index in [1.54, 1.807) is 6.07 Å². The molecule has 0 aliphatic heterocycles. The van der Waals surface area contributed by atoms with Crippen LogP contribution in [-0.4, -0.2) is 5.11 Å². The molecule has 0 aliphatic carbocycles. The van der Waals surface area contributed by atoms with Crippen molar-refractivity contribution >= 4 is 15.9 Å². The van der Waals surface area contributed by atoms with Gasteiger partial charge in [0.2, 0.25) is 0 Å². The number of aromatic hydroxyl groups is 1. The molecule has 3 aromatic rings. The number of benzene rings is 3. The predicted molar refractivity (Wildman–Crippen MR) is 86.7 cm³/mol. The average Bonchev–Trinajstić information content (AvgIpc) is 2.51. The molecule has 0 saturated heterocycles. The quantitative estimate of drug-likeness (QED) is 0.661. The summed E-state index contributed by atoms with van der Waals surface area (Å²) in [6.45, 7) is 0. The molecular weight excluding hydrogens is 312 g/mol. The van der Waals surface area contributed by atoms with Gasteiger partial charge in [-0.15, -0.1) is 0 Å². The summed E-state index contributed by atoms with van der Waals surface area (Å²) >= 11 is 3.47. The van der Waals surface area contributed by atoms with Crippen molar-refractivity contribution in [2.24, 2.45) is 0 Å². The largest absolute Gasteiger partial charge is 0.507 e. The first-order valence-electron chi connectivity index (χ1n) is 6.39. The van der Waals surface area contributed by atoms with Crippen LogP contribution in [0.2, 0.25) is 0 Å². The third-order valence-corrected chi connectivity index (χ3v) is 4.08. The van der Waals surface area contributed by atoms with Gasteiger partial charge in [0.05, 0.1) is 4.47 Å². The molecule has 98 valence electrons. The zero-order chi connectivity index (χ0) is 13.9. The van der Waals surface area contributed by atoms with Crippen molar-refractivity contribution in [3.8, 4) is 28.0 Å². The molecule has 0 heterocycles. The van der Waals surface area contributed by atoms with Gasteiger partial charge < -0.3 is 5.11 Å². The van der Waals surface area contributed by atoms with Gasteiger partial charge in [0.15, 0.2) is 0 Å². The lowest BCUT2D eigenvalue weighted by Crippen LogP contribution is -1.84. The number of hydrogen-bond donors (Lipinski definition) is 1. The van der Waals surface area contributed by atoms with Crippen LogP contribution in [0.1, 0.15) is 0 Å². The maximum Gasteiger partial charge on any atom is 0.131 e. The van der Waals surface area contributed by atoms with Gasteiger partial charge in [0, 0.05) is 5.56 Å². The Hall–Kier alpha value is -2.06. The highest BCUT2D eigenvalue weighted by Crippen LogP contribution is 2.39. The van der Waals surface area contributed by atoms with Gasteiger partial charge in [-0.05, 0) is 44.8 Å². The van der Waals surface area contributed by atoms with Crippen molar-refractivity contribution < 1.29 is 5.11 Å². The van der Waals surface area contributed by atoms with Crippen LogP contribution in [0.3, 0.4) is 0 Å². The number of phenolic OH excluding ortho intramolecular Hbond substituents is 1. The fourth-order valence-corrected chi connectivity index (χ4v) is 2.69. The molecule has 2 heteroatoms. The van der Waals surface area contributed by atoms with E-state index in [0.717, 1.165) is 26.7 Å². The number of hydrogen-bond acceptors (Lipinski definition) is 1. The van der Waals surface area contributed by atoms with E-state index in [-0.39, 0.29) is 5.75 Å². The topological polar surface area (TPSA) is 20.2 Å². The van der Waals surface area contributed by atoms with Gasteiger partial charge in [-0.3, -0.25) is 0 Å². The molecule has 0 atom stereocenters. The second-order valence-electron chi connectivity index (χ2n) is 4.59. The number of halogens is 1. The Bertz CT molecular complexity index is 721. The lowest BCUT2D eigenvalue weighted by molar-refractivity contribution is 0.472. The second kappa shape index (κ2) is 5.51. The van der Waals surface area contributed by atoms with E-state index in [2.05, 4.69) is 22.0 Å². The lowest BCUT2D eigenvalue weighted by Gasteiger charge is -2.10. The van der Waals surface area contributed by atoms with E-state index in [1.807, 2.05) is 60.7 Å². The minimum Gasteiger partial charge on any atom is -0.507 e. The van der Waals surface area contributed by atoms with Crippen molar-refractivity contribution in [3.63, 3.8) is 0 Å². The van der Waals surface area contributed by atoms with Crippen LogP contribution in [0.5, 0.6) is 5.75 Å². The van der Waals surface area contributed by atoms with Crippen LogP contribution < -0.4 is 0 Å². The summed E-state index contributed by atoms with van der Waals surface area (Å²) in [5.74, 6) is 0.255. The standard InChI is InChI=1S/C18H13BrO/c19-18-16(14-9-5-2-6-10-14)11-15(12-17(18)20)13-7-3-1-4-8-13/h1-12,20H. The molecule has 3 aromatic carbocycles. The highest BCUT2D eigenvalue weighted by Gasteiger charge is 2.10. The highest BCUT2D eigenvalue weighted by atomic mass is 79.9. The van der Waals surface area contributed by atoms with Crippen molar-refractivity contribution in [2.75, 3.05) is 0 Å². The minimum absolute atomic E-state index is 0.255. The normalized spacial score (nSPS) is 10.4. The molecule has 0 bridgehead atoms. The first-order chi connectivity index (χ1) is 9.75. The van der Waals surface area contributed by atoms with Crippen molar-refractivity contribution in [2.45, 2.75) is 0 Å². The summed E-state index contributed by atoms with van der Waals surface area (Å²) in [6, 6.07) is 24.0. The highest BCUT2D eigenvalue weighted by molar-refractivity contribution is 9.10. The predicted octanol–water partition coefficient (Wildman–Crippen LogP) is 5.49. The molecule has 0 unspecified atom stereocenters. The lowest BCUT2D eigenvalue weighted by atomic mass is 9.98. The molecule has 3 rings (SSSR count). The van der Waals surface area contributed by atoms with Gasteiger partial charge in [0.25, 0.3) is 0 Å². The Morgan fingerprint density at radius 3 is 1.80 bits per heavy atom. The summed E-state index contributed by atoms with van der Waals surface area (Å²) in [5.41, 5.74) is 4.16. The Labute approximate surface area is 126 Å². The van der Waals surface area contributed by atoms with Crippen molar-refractivity contribution in [1.29, 1.82) is 0 Å². The summed E-state index contributed by atoms with van der Waals surface area (Å²) < 4.78 is 0.725. The number of phenols is 1. The van der Waals surface area contributed by atoms with E-state index in [1.165, 1.54) is 0 Å². The van der Waals surface area contributed by atoms with Gasteiger partial charge in [-0.25, -0.2) is 0 Å². The first-order valence-corrected chi connectivity index (χ1v) is 7.18. The number of rotatable bonds is 2. The van der Waals surface area contributed by atoms with Crippen LogP contribution in [0.15, 0.2) is 77.3 Å². The minimum atomic E-state index is 0.255. The van der Waals surface area contributed by atoms with Crippen LogP contribution >= 0.6 is 15.9 Å². The van der Waals surface area contributed by atoms with Gasteiger partial charge in [-0.2, -0.15) is 0 Å². The van der Waals surface area contributed by atoms with Crippen LogP contribution in [-0.2, 0) is 0 Å². The molecule has 0 spiro atoms. The van der Waals surface area contributed by atoms with Gasteiger partial charge in [0.1, 0.15) is 5.75 Å². The Kier molecular flexibility index (Phi) is 3.57. The fraction of sp³-hybridized carbons (Fsp3) is 0. The SMILES string of the molecule is Oc1cc(-c2ccccc2)cc(-c2ccccc2)c1Br. The third-order valence-electron chi connectivity index (χ3n) is 3.25. The summed E-state index contributed by atoms with van der Waals surface area (Å²) in [7, 11) is 0. The molecule has 0 aliphatic rings. The zero-order valence-corrected chi connectivity index (χ0v) is 12.3. The van der Waals surface area contributed by atoms with E-state index in [0.29, 0.717) is 0 Å². The molecule has 0 saturated carbocycles. The Morgan fingerprint density at radius 2 is 1.20 bits per heavy atom. The van der Waals surface area contributed by atoms with E-state index in [4.69, 9.17) is 0 Å². The summed E-state index contributed by atoms with van der Waals surface area (Å²) in [4.78, 5) is 0. The van der Waals surface area contributed by atoms with Gasteiger partial charge in [-0.1, -0.05) is 60.7 Å². The zero-order valence-electron chi connectivity index (χ0n) is 10.8. The molecule has 0 radical (unpaired) electrons. The molecule has 1 N–H and O–H groups in total. The molecule has 0 amide bonds. The average molecular weight is 325 g/mol. The van der Waals surface area contributed by atoms with Gasteiger partial charge >= 0.3 is 0 Å². The maximum atomic E-state index is 10.2.